The van der Waals surface area contributed by atoms with E-state index in [1.54, 1.807) is 4.90 Å². The molecule has 3 rings (SSSR count). The zero-order valence-electron chi connectivity index (χ0n) is 16.1. The molecule has 0 bridgehead atoms. The maximum atomic E-state index is 12.5. The van der Waals surface area contributed by atoms with Gasteiger partial charge in [0, 0.05) is 19.5 Å². The summed E-state index contributed by atoms with van der Waals surface area (Å²) < 4.78 is 7.27. The third-order valence-corrected chi connectivity index (χ3v) is 6.10. The Bertz CT molecular complexity index is 722. The first-order valence-corrected chi connectivity index (χ1v) is 10.6. The fraction of sp³-hybridized carbons (Fsp3) is 0.812. The van der Waals surface area contributed by atoms with E-state index in [0.29, 0.717) is 38.1 Å². The Hall–Kier alpha value is -1.92. The lowest BCUT2D eigenvalue weighted by Gasteiger charge is -2.52. The van der Waals surface area contributed by atoms with Gasteiger partial charge in [-0.2, -0.15) is 11.8 Å². The smallest absolute Gasteiger partial charge is 0.244 e. The summed E-state index contributed by atoms with van der Waals surface area (Å²) in [6.07, 6.45) is 2.85. The highest BCUT2D eigenvalue weighted by Gasteiger charge is 2.50. The second-order valence-electron chi connectivity index (χ2n) is 7.66. The number of nitrogens with zero attached hydrogens (tertiary/aromatic N) is 5. The van der Waals surface area contributed by atoms with Gasteiger partial charge in [0.25, 0.3) is 0 Å². The van der Waals surface area contributed by atoms with Crippen LogP contribution in [0.4, 0.5) is 5.95 Å². The summed E-state index contributed by atoms with van der Waals surface area (Å²) in [5, 5.41) is 24.1. The fourth-order valence-electron chi connectivity index (χ4n) is 3.93. The lowest BCUT2D eigenvalue weighted by molar-refractivity contribution is -0.182. The molecule has 2 saturated heterocycles. The van der Waals surface area contributed by atoms with Crippen LogP contribution < -0.4 is 11.1 Å². The molecule has 0 radical (unpaired) electrons. The van der Waals surface area contributed by atoms with E-state index < -0.39 is 17.2 Å². The molecule has 2 fully saturated rings. The normalized spacial score (nSPS) is 27.0. The molecule has 1 aromatic rings. The first-order valence-electron chi connectivity index (χ1n) is 9.18. The molecule has 4 N–H and O–H groups in total. The van der Waals surface area contributed by atoms with Crippen LogP contribution in [0.15, 0.2) is 0 Å². The number of thioether (sulfide) groups is 1. The Morgan fingerprint density at radius 2 is 2.14 bits per heavy atom. The van der Waals surface area contributed by atoms with E-state index in [2.05, 4.69) is 20.8 Å². The number of hydrogen-bond donors (Lipinski definition) is 3. The second-order valence-corrected chi connectivity index (χ2v) is 8.53. The van der Waals surface area contributed by atoms with Crippen molar-refractivity contribution in [3.63, 3.8) is 0 Å². The Morgan fingerprint density at radius 1 is 1.43 bits per heavy atom. The Balaban J connectivity index is 1.60. The lowest BCUT2D eigenvalue weighted by atomic mass is 9.74. The van der Waals surface area contributed by atoms with Crippen molar-refractivity contribution in [2.75, 3.05) is 37.4 Å². The van der Waals surface area contributed by atoms with Crippen molar-refractivity contribution in [3.05, 3.63) is 0 Å². The predicted molar refractivity (Wildman–Crippen MR) is 102 cm³/mol. The number of rotatable bonds is 5. The van der Waals surface area contributed by atoms with Crippen LogP contribution in [0.3, 0.4) is 0 Å². The van der Waals surface area contributed by atoms with Gasteiger partial charge in [0.2, 0.25) is 17.8 Å². The molecule has 28 heavy (non-hydrogen) atoms. The summed E-state index contributed by atoms with van der Waals surface area (Å²) in [5.41, 5.74) is 4.39. The SMILES string of the molecule is CSCC(=O)N[C@@]1(C)CC2(CCN(C(=O)Cn3nnnc3N)CC2)OC[C@@H]1O. The van der Waals surface area contributed by atoms with E-state index in [4.69, 9.17) is 10.5 Å². The highest BCUT2D eigenvalue weighted by molar-refractivity contribution is 7.99. The summed E-state index contributed by atoms with van der Waals surface area (Å²) >= 11 is 1.44. The van der Waals surface area contributed by atoms with Gasteiger partial charge in [0.15, 0.2) is 0 Å². The molecule has 1 aromatic heterocycles. The van der Waals surface area contributed by atoms with Gasteiger partial charge >= 0.3 is 0 Å². The Labute approximate surface area is 167 Å². The van der Waals surface area contributed by atoms with E-state index in [9.17, 15) is 14.7 Å². The van der Waals surface area contributed by atoms with Gasteiger partial charge in [-0.25, -0.2) is 4.68 Å². The van der Waals surface area contributed by atoms with Gasteiger partial charge in [0.1, 0.15) is 12.6 Å². The Morgan fingerprint density at radius 3 is 2.75 bits per heavy atom. The number of ether oxygens (including phenoxy) is 1. The zero-order valence-corrected chi connectivity index (χ0v) is 16.9. The molecule has 2 aliphatic rings. The average molecular weight is 414 g/mol. The number of anilines is 1. The Kier molecular flexibility index (Phi) is 6.10. The third-order valence-electron chi connectivity index (χ3n) is 5.54. The van der Waals surface area contributed by atoms with Crippen LogP contribution in [-0.4, -0.2) is 91.0 Å². The highest BCUT2D eigenvalue weighted by atomic mass is 32.2. The van der Waals surface area contributed by atoms with Gasteiger partial charge in [-0.05, 0) is 36.4 Å². The lowest BCUT2D eigenvalue weighted by Crippen LogP contribution is -2.66. The van der Waals surface area contributed by atoms with E-state index >= 15 is 0 Å². The van der Waals surface area contributed by atoms with Gasteiger partial charge < -0.3 is 25.8 Å². The molecule has 11 nitrogen and oxygen atoms in total. The van der Waals surface area contributed by atoms with E-state index in [0.717, 1.165) is 0 Å². The van der Waals surface area contributed by atoms with Crippen molar-refractivity contribution >= 4 is 29.5 Å². The van der Waals surface area contributed by atoms with Crippen LogP contribution in [0.25, 0.3) is 0 Å². The highest BCUT2D eigenvalue weighted by Crippen LogP contribution is 2.39. The predicted octanol–water partition coefficient (Wildman–Crippen LogP) is -1.36. The average Bonchev–Trinajstić information content (AvgIpc) is 3.04. The van der Waals surface area contributed by atoms with Crippen LogP contribution in [-0.2, 0) is 20.9 Å². The quantitative estimate of drug-likeness (QED) is 0.532. The number of amides is 2. The fourth-order valence-corrected chi connectivity index (χ4v) is 4.26. The number of carbonyl (C=O) groups excluding carboxylic acids is 2. The maximum absolute atomic E-state index is 12.5. The van der Waals surface area contributed by atoms with Crippen molar-refractivity contribution in [2.24, 2.45) is 0 Å². The molecule has 2 aliphatic heterocycles. The number of aliphatic hydroxyl groups is 1. The minimum absolute atomic E-state index is 0.00609. The maximum Gasteiger partial charge on any atom is 0.244 e. The number of aliphatic hydroxyl groups excluding tert-OH is 1. The summed E-state index contributed by atoms with van der Waals surface area (Å²) in [4.78, 5) is 26.3. The number of carbonyl (C=O) groups is 2. The first-order chi connectivity index (χ1) is 13.3. The third kappa shape index (κ3) is 4.39. The zero-order chi connectivity index (χ0) is 20.4. The molecule has 156 valence electrons. The number of nitrogens with two attached hydrogens (primary N) is 1. The number of nitrogen functional groups attached to an aromatic ring is 1. The number of likely N-dealkylation sites (tertiary alicyclic amines) is 1. The van der Waals surface area contributed by atoms with E-state index in [1.807, 2.05) is 13.2 Å². The molecule has 0 saturated carbocycles. The van der Waals surface area contributed by atoms with E-state index in [1.165, 1.54) is 16.4 Å². The number of aromatic nitrogens is 4. The monoisotopic (exact) mass is 413 g/mol. The summed E-state index contributed by atoms with van der Waals surface area (Å²) in [6.45, 7) is 3.05. The van der Waals surface area contributed by atoms with Crippen LogP contribution in [0, 0.1) is 0 Å². The van der Waals surface area contributed by atoms with Crippen LogP contribution in [0.2, 0.25) is 0 Å². The molecule has 0 unspecified atom stereocenters. The second kappa shape index (κ2) is 8.21. The number of hydrogen-bond acceptors (Lipinski definition) is 9. The molecule has 2 amide bonds. The molecule has 12 heteroatoms. The topological polar surface area (TPSA) is 148 Å². The standard InChI is InChI=1S/C16H27N7O4S/c1-15(18-12(25)9-28-2)10-16(27-8-11(15)24)3-5-22(6-4-16)13(26)7-23-14(17)19-20-21-23/h11,24H,3-10H2,1-2H3,(H,18,25)(H2,17,19,21)/t11-,15-/m0/s1. The molecule has 3 heterocycles. The summed E-state index contributed by atoms with van der Waals surface area (Å²) in [7, 11) is 0. The van der Waals surface area contributed by atoms with Crippen LogP contribution in [0.1, 0.15) is 26.2 Å². The molecular formula is C16H27N7O4S. The molecule has 1 spiro atoms. The van der Waals surface area contributed by atoms with Gasteiger partial charge in [0.05, 0.1) is 23.5 Å². The molecule has 2 atom stereocenters. The van der Waals surface area contributed by atoms with Crippen molar-refractivity contribution in [1.29, 1.82) is 0 Å². The summed E-state index contributed by atoms with van der Waals surface area (Å²) in [5.74, 6) is 0.236. The van der Waals surface area contributed by atoms with E-state index in [-0.39, 0.29) is 30.9 Å². The summed E-state index contributed by atoms with van der Waals surface area (Å²) in [6, 6.07) is 0. The molecular weight excluding hydrogens is 386 g/mol. The van der Waals surface area contributed by atoms with Crippen molar-refractivity contribution in [2.45, 2.75) is 50.0 Å². The molecule has 0 aromatic carbocycles. The van der Waals surface area contributed by atoms with Crippen LogP contribution >= 0.6 is 11.8 Å². The number of nitrogens with one attached hydrogen (secondary N) is 1. The minimum atomic E-state index is -0.772. The first kappa shape index (κ1) is 20.8. The van der Waals surface area contributed by atoms with Crippen molar-refractivity contribution < 1.29 is 19.4 Å². The van der Waals surface area contributed by atoms with Gasteiger partial charge in [-0.15, -0.1) is 0 Å². The van der Waals surface area contributed by atoms with Crippen LogP contribution in [0.5, 0.6) is 0 Å². The van der Waals surface area contributed by atoms with Gasteiger partial charge in [-0.1, -0.05) is 5.10 Å². The largest absolute Gasteiger partial charge is 0.388 e. The van der Waals surface area contributed by atoms with Crippen molar-refractivity contribution in [3.8, 4) is 0 Å². The number of tetrazole rings is 1. The number of piperidine rings is 1. The van der Waals surface area contributed by atoms with Crippen molar-refractivity contribution in [1.82, 2.24) is 30.4 Å². The minimum Gasteiger partial charge on any atom is -0.388 e. The molecule has 0 aliphatic carbocycles. The van der Waals surface area contributed by atoms with Gasteiger partial charge in [-0.3, -0.25) is 9.59 Å².